The molecular weight excluding hydrogens is 314 g/mol. The normalized spacial score (nSPS) is 21.9. The molecule has 5 rings (SSSR count). The van der Waals surface area contributed by atoms with E-state index in [2.05, 4.69) is 29.0 Å². The number of benzene rings is 1. The van der Waals surface area contributed by atoms with Crippen LogP contribution in [0.2, 0.25) is 0 Å². The van der Waals surface area contributed by atoms with Gasteiger partial charge in [-0.2, -0.15) is 0 Å². The Morgan fingerprint density at radius 2 is 2.08 bits per heavy atom. The second-order valence-corrected chi connectivity index (χ2v) is 8.07. The van der Waals surface area contributed by atoms with Gasteiger partial charge in [0.15, 0.2) is 0 Å². The number of hydrogen-bond donors (Lipinski definition) is 1. The summed E-state index contributed by atoms with van der Waals surface area (Å²) in [5.74, 6) is 3.63. The number of ether oxygens (including phenoxy) is 2. The van der Waals surface area contributed by atoms with Crippen LogP contribution >= 0.6 is 0 Å². The minimum atomic E-state index is 0.125. The molecule has 0 radical (unpaired) electrons. The third kappa shape index (κ3) is 2.54. The highest BCUT2D eigenvalue weighted by Gasteiger charge is 2.52. The third-order valence-corrected chi connectivity index (χ3v) is 5.48. The van der Waals surface area contributed by atoms with Crippen molar-refractivity contribution in [3.05, 3.63) is 42.1 Å². The summed E-state index contributed by atoms with van der Waals surface area (Å²) < 4.78 is 12.0. The lowest BCUT2D eigenvalue weighted by molar-refractivity contribution is 0.323. The van der Waals surface area contributed by atoms with E-state index in [1.807, 2.05) is 36.5 Å². The smallest absolute Gasteiger partial charge is 0.145 e. The van der Waals surface area contributed by atoms with Gasteiger partial charge in [0.25, 0.3) is 0 Å². The average Bonchev–Trinajstić information content (AvgIpc) is 3.15. The van der Waals surface area contributed by atoms with E-state index in [0.29, 0.717) is 0 Å². The average molecular weight is 337 g/mol. The number of pyridine rings is 1. The van der Waals surface area contributed by atoms with Crippen molar-refractivity contribution >= 4 is 5.82 Å². The highest BCUT2D eigenvalue weighted by Crippen LogP contribution is 2.58. The molecule has 1 aromatic heterocycles. The summed E-state index contributed by atoms with van der Waals surface area (Å²) in [5, 5.41) is 3.48. The van der Waals surface area contributed by atoms with Crippen molar-refractivity contribution in [2.45, 2.75) is 37.6 Å². The summed E-state index contributed by atoms with van der Waals surface area (Å²) in [6, 6.07) is 10.1. The van der Waals surface area contributed by atoms with Gasteiger partial charge in [-0.05, 0) is 51.0 Å². The zero-order valence-corrected chi connectivity index (χ0v) is 14.7. The maximum absolute atomic E-state index is 6.18. The standard InChI is InChI=1S/C20H23N3O2/c1-19(2)11-23(13-22-19)17-7-6-14(10-21-17)25-16-5-3-4-15-18(16)20(8-9-20)12-24-15/h3-7,10,22H,8-9,11-13H2,1-2H3. The molecule has 3 aliphatic rings. The topological polar surface area (TPSA) is 46.6 Å². The molecule has 1 N–H and O–H groups in total. The Hall–Kier alpha value is -2.27. The van der Waals surface area contributed by atoms with Crippen molar-refractivity contribution < 1.29 is 9.47 Å². The van der Waals surface area contributed by atoms with E-state index in [4.69, 9.17) is 9.47 Å². The van der Waals surface area contributed by atoms with Crippen molar-refractivity contribution in [1.29, 1.82) is 0 Å². The van der Waals surface area contributed by atoms with Crippen LogP contribution in [0.25, 0.3) is 0 Å². The summed E-state index contributed by atoms with van der Waals surface area (Å²) >= 11 is 0. The minimum Gasteiger partial charge on any atom is -0.492 e. The lowest BCUT2D eigenvalue weighted by Crippen LogP contribution is -2.34. The van der Waals surface area contributed by atoms with Crippen LogP contribution < -0.4 is 19.7 Å². The van der Waals surface area contributed by atoms with Crippen molar-refractivity contribution in [2.24, 2.45) is 0 Å². The van der Waals surface area contributed by atoms with E-state index in [-0.39, 0.29) is 11.0 Å². The molecule has 2 aromatic rings. The molecule has 5 heteroatoms. The lowest BCUT2D eigenvalue weighted by Gasteiger charge is -2.19. The number of aromatic nitrogens is 1. The van der Waals surface area contributed by atoms with Crippen LogP contribution in [0.5, 0.6) is 17.2 Å². The second kappa shape index (κ2) is 5.11. The number of rotatable bonds is 3. The Labute approximate surface area is 148 Å². The number of fused-ring (bicyclic) bond motifs is 2. The van der Waals surface area contributed by atoms with Crippen LogP contribution in [0.15, 0.2) is 36.5 Å². The monoisotopic (exact) mass is 337 g/mol. The van der Waals surface area contributed by atoms with Crippen LogP contribution in [-0.2, 0) is 5.41 Å². The molecule has 2 aliphatic heterocycles. The van der Waals surface area contributed by atoms with Gasteiger partial charge in [0.2, 0.25) is 0 Å². The van der Waals surface area contributed by atoms with Crippen LogP contribution in [-0.4, -0.2) is 30.3 Å². The maximum atomic E-state index is 6.18. The predicted octanol–water partition coefficient (Wildman–Crippen LogP) is 3.44. The molecule has 1 aliphatic carbocycles. The van der Waals surface area contributed by atoms with Crippen molar-refractivity contribution in [3.8, 4) is 17.2 Å². The second-order valence-electron chi connectivity index (χ2n) is 8.07. The molecule has 3 heterocycles. The largest absolute Gasteiger partial charge is 0.492 e. The molecule has 1 spiro atoms. The van der Waals surface area contributed by atoms with E-state index >= 15 is 0 Å². The van der Waals surface area contributed by atoms with Gasteiger partial charge < -0.3 is 14.4 Å². The van der Waals surface area contributed by atoms with Gasteiger partial charge in [-0.25, -0.2) is 4.98 Å². The summed E-state index contributed by atoms with van der Waals surface area (Å²) in [6.45, 7) is 6.97. The Balaban J connectivity index is 1.37. The molecule has 1 aromatic carbocycles. The zero-order chi connectivity index (χ0) is 17.1. The minimum absolute atomic E-state index is 0.125. The maximum Gasteiger partial charge on any atom is 0.145 e. The molecule has 5 nitrogen and oxygen atoms in total. The van der Waals surface area contributed by atoms with Gasteiger partial charge in [0.1, 0.15) is 23.1 Å². The summed E-state index contributed by atoms with van der Waals surface area (Å²) in [5.41, 5.74) is 1.57. The van der Waals surface area contributed by atoms with E-state index in [9.17, 15) is 0 Å². The van der Waals surface area contributed by atoms with Crippen molar-refractivity contribution in [2.75, 3.05) is 24.7 Å². The fraction of sp³-hybridized carbons (Fsp3) is 0.450. The molecule has 2 fully saturated rings. The zero-order valence-electron chi connectivity index (χ0n) is 14.7. The molecule has 0 bridgehead atoms. The summed E-state index contributed by atoms with van der Waals surface area (Å²) in [4.78, 5) is 6.84. The number of nitrogens with zero attached hydrogens (tertiary/aromatic N) is 2. The quantitative estimate of drug-likeness (QED) is 0.929. The van der Waals surface area contributed by atoms with Crippen LogP contribution in [0, 0.1) is 0 Å². The Morgan fingerprint density at radius 1 is 1.20 bits per heavy atom. The number of hydrogen-bond acceptors (Lipinski definition) is 5. The molecule has 1 saturated carbocycles. The highest BCUT2D eigenvalue weighted by molar-refractivity contribution is 5.56. The highest BCUT2D eigenvalue weighted by atomic mass is 16.5. The third-order valence-electron chi connectivity index (χ3n) is 5.48. The molecule has 0 atom stereocenters. The molecule has 0 unspecified atom stereocenters. The Morgan fingerprint density at radius 3 is 2.76 bits per heavy atom. The van der Waals surface area contributed by atoms with Gasteiger partial charge in [0, 0.05) is 23.1 Å². The Bertz CT molecular complexity index is 812. The van der Waals surface area contributed by atoms with Crippen molar-refractivity contribution in [1.82, 2.24) is 10.3 Å². The molecule has 25 heavy (non-hydrogen) atoms. The van der Waals surface area contributed by atoms with E-state index in [1.165, 1.54) is 18.4 Å². The summed E-state index contributed by atoms with van der Waals surface area (Å²) in [6.07, 6.45) is 4.19. The Kier molecular flexibility index (Phi) is 3.07. The first-order valence-electron chi connectivity index (χ1n) is 8.95. The van der Waals surface area contributed by atoms with Gasteiger partial charge in [-0.15, -0.1) is 0 Å². The molecule has 0 amide bonds. The molecular formula is C20H23N3O2. The first-order chi connectivity index (χ1) is 12.0. The SMILES string of the molecule is CC1(C)CN(c2ccc(Oc3cccc4c3C3(CC3)CO4)cn2)CN1. The van der Waals surface area contributed by atoms with E-state index in [0.717, 1.165) is 42.9 Å². The predicted molar refractivity (Wildman–Crippen MR) is 96.6 cm³/mol. The van der Waals surface area contributed by atoms with E-state index < -0.39 is 0 Å². The van der Waals surface area contributed by atoms with Gasteiger partial charge >= 0.3 is 0 Å². The fourth-order valence-corrected chi connectivity index (χ4v) is 3.88. The van der Waals surface area contributed by atoms with Crippen LogP contribution in [0.1, 0.15) is 32.3 Å². The first-order valence-corrected chi connectivity index (χ1v) is 8.95. The van der Waals surface area contributed by atoms with Gasteiger partial charge in [-0.1, -0.05) is 6.07 Å². The lowest BCUT2D eigenvalue weighted by atomic mass is 9.97. The fourth-order valence-electron chi connectivity index (χ4n) is 3.88. The summed E-state index contributed by atoms with van der Waals surface area (Å²) in [7, 11) is 0. The van der Waals surface area contributed by atoms with Gasteiger partial charge in [-0.3, -0.25) is 5.32 Å². The number of nitrogens with one attached hydrogen (secondary N) is 1. The molecule has 130 valence electrons. The van der Waals surface area contributed by atoms with Crippen LogP contribution in [0.3, 0.4) is 0 Å². The number of anilines is 1. The van der Waals surface area contributed by atoms with Gasteiger partial charge in [0.05, 0.1) is 19.5 Å². The van der Waals surface area contributed by atoms with Crippen LogP contribution in [0.4, 0.5) is 5.82 Å². The molecule has 1 saturated heterocycles. The van der Waals surface area contributed by atoms with E-state index in [1.54, 1.807) is 0 Å². The van der Waals surface area contributed by atoms with Crippen molar-refractivity contribution in [3.63, 3.8) is 0 Å². The first kappa shape index (κ1) is 15.0.